The van der Waals surface area contributed by atoms with Crippen LogP contribution in [0.15, 0.2) is 46.9 Å². The summed E-state index contributed by atoms with van der Waals surface area (Å²) < 4.78 is 10.8. The van der Waals surface area contributed by atoms with Crippen LogP contribution < -0.4 is 15.5 Å². The number of rotatable bonds is 5. The number of morpholine rings is 1. The van der Waals surface area contributed by atoms with E-state index in [0.29, 0.717) is 16.4 Å². The van der Waals surface area contributed by atoms with Crippen LogP contribution in [0.5, 0.6) is 0 Å². The summed E-state index contributed by atoms with van der Waals surface area (Å²) >= 11 is 6.18. The minimum Gasteiger partial charge on any atom is -0.399 e. The van der Waals surface area contributed by atoms with Gasteiger partial charge in [-0.2, -0.15) is 0 Å². The summed E-state index contributed by atoms with van der Waals surface area (Å²) in [6.45, 7) is 5.10. The molecular formula is C20H20ClN5O3. The molecule has 1 amide bonds. The van der Waals surface area contributed by atoms with Crippen molar-refractivity contribution in [2.24, 2.45) is 0 Å². The Hall–Kier alpha value is -3.10. The van der Waals surface area contributed by atoms with E-state index in [0.717, 1.165) is 37.6 Å². The molecule has 1 aromatic heterocycles. The summed E-state index contributed by atoms with van der Waals surface area (Å²) in [5.74, 6) is -0.632. The molecule has 2 heterocycles. The molecule has 0 atom stereocenters. The Morgan fingerprint density at radius 1 is 1.10 bits per heavy atom. The summed E-state index contributed by atoms with van der Waals surface area (Å²) in [6.07, 6.45) is 0. The lowest BCUT2D eigenvalue weighted by atomic mass is 10.2. The maximum atomic E-state index is 12.4. The van der Waals surface area contributed by atoms with Crippen molar-refractivity contribution in [2.75, 3.05) is 41.8 Å². The second-order valence-corrected chi connectivity index (χ2v) is 7.03. The molecule has 4 rings (SSSR count). The number of carbonyl (C=O) groups is 1. The van der Waals surface area contributed by atoms with Crippen molar-refractivity contribution >= 4 is 40.6 Å². The van der Waals surface area contributed by atoms with E-state index < -0.39 is 5.91 Å². The van der Waals surface area contributed by atoms with Gasteiger partial charge in [-0.15, -0.1) is 5.10 Å². The Kier molecular flexibility index (Phi) is 5.64. The first-order valence-corrected chi connectivity index (χ1v) is 9.57. The van der Waals surface area contributed by atoms with Crippen molar-refractivity contribution < 1.29 is 13.9 Å². The predicted molar refractivity (Wildman–Crippen MR) is 111 cm³/mol. The van der Waals surface area contributed by atoms with E-state index in [2.05, 4.69) is 25.7 Å². The Balaban J connectivity index is 1.38. The standard InChI is InChI=1S/C20H20ClN5O3/c1-13-2-7-17(16(21)12-13)23-20-25-24-19(29-20)18(27)22-14-3-5-15(6-4-14)26-8-10-28-11-9-26/h2-7,12H,8-11H2,1H3,(H,22,27)(H,23,25). The maximum absolute atomic E-state index is 12.4. The van der Waals surface area contributed by atoms with Crippen molar-refractivity contribution in [1.29, 1.82) is 0 Å². The molecule has 2 N–H and O–H groups in total. The van der Waals surface area contributed by atoms with Crippen LogP contribution in [-0.2, 0) is 4.74 Å². The SMILES string of the molecule is Cc1ccc(Nc2nnc(C(=O)Nc3ccc(N4CCOCC4)cc3)o2)c(Cl)c1. The van der Waals surface area contributed by atoms with E-state index in [-0.39, 0.29) is 11.9 Å². The average molecular weight is 414 g/mol. The molecule has 3 aromatic rings. The largest absolute Gasteiger partial charge is 0.399 e. The summed E-state index contributed by atoms with van der Waals surface area (Å²) in [5, 5.41) is 13.8. The van der Waals surface area contributed by atoms with Gasteiger partial charge in [-0.25, -0.2) is 0 Å². The molecule has 1 fully saturated rings. The van der Waals surface area contributed by atoms with Gasteiger partial charge in [-0.05, 0) is 48.9 Å². The zero-order valence-electron chi connectivity index (χ0n) is 15.8. The van der Waals surface area contributed by atoms with Gasteiger partial charge >= 0.3 is 17.8 Å². The quantitative estimate of drug-likeness (QED) is 0.655. The van der Waals surface area contributed by atoms with Gasteiger partial charge in [-0.3, -0.25) is 4.79 Å². The second-order valence-electron chi connectivity index (χ2n) is 6.62. The van der Waals surface area contributed by atoms with E-state index in [9.17, 15) is 4.79 Å². The van der Waals surface area contributed by atoms with Crippen LogP contribution in [0.3, 0.4) is 0 Å². The third-order valence-corrected chi connectivity index (χ3v) is 4.80. The van der Waals surface area contributed by atoms with Crippen molar-refractivity contribution in [3.8, 4) is 0 Å². The van der Waals surface area contributed by atoms with Gasteiger partial charge in [0.1, 0.15) is 0 Å². The number of amides is 1. The lowest BCUT2D eigenvalue weighted by molar-refractivity contribution is 0.0991. The molecule has 0 unspecified atom stereocenters. The monoisotopic (exact) mass is 413 g/mol. The fourth-order valence-electron chi connectivity index (χ4n) is 2.96. The number of anilines is 4. The lowest BCUT2D eigenvalue weighted by Gasteiger charge is -2.28. The first-order valence-electron chi connectivity index (χ1n) is 9.19. The van der Waals surface area contributed by atoms with Gasteiger partial charge in [0, 0.05) is 24.5 Å². The van der Waals surface area contributed by atoms with Crippen LogP contribution in [0.25, 0.3) is 0 Å². The molecule has 1 aliphatic rings. The van der Waals surface area contributed by atoms with E-state index in [1.165, 1.54) is 0 Å². The number of halogens is 1. The first kappa shape index (κ1) is 19.2. The maximum Gasteiger partial charge on any atom is 0.320 e. The lowest BCUT2D eigenvalue weighted by Crippen LogP contribution is -2.36. The number of aryl methyl sites for hydroxylation is 1. The highest BCUT2D eigenvalue weighted by Gasteiger charge is 2.16. The number of ether oxygens (including phenoxy) is 1. The molecule has 0 bridgehead atoms. The number of nitrogens with zero attached hydrogens (tertiary/aromatic N) is 3. The molecule has 0 aliphatic carbocycles. The number of hydrogen-bond donors (Lipinski definition) is 2. The Labute approximate surface area is 172 Å². The van der Waals surface area contributed by atoms with Crippen LogP contribution in [0, 0.1) is 6.92 Å². The molecule has 29 heavy (non-hydrogen) atoms. The van der Waals surface area contributed by atoms with Crippen molar-refractivity contribution in [2.45, 2.75) is 6.92 Å². The van der Waals surface area contributed by atoms with Gasteiger partial charge in [0.15, 0.2) is 0 Å². The molecule has 0 spiro atoms. The van der Waals surface area contributed by atoms with Crippen LogP contribution in [0.4, 0.5) is 23.1 Å². The highest BCUT2D eigenvalue weighted by atomic mass is 35.5. The predicted octanol–water partition coefficient (Wildman–Crippen LogP) is 3.86. The highest BCUT2D eigenvalue weighted by molar-refractivity contribution is 6.33. The molecule has 150 valence electrons. The fraction of sp³-hybridized carbons (Fsp3) is 0.250. The van der Waals surface area contributed by atoms with E-state index in [1.54, 1.807) is 6.07 Å². The van der Waals surface area contributed by atoms with E-state index in [1.807, 2.05) is 43.3 Å². The Bertz CT molecular complexity index is 1000. The average Bonchev–Trinajstić information content (AvgIpc) is 3.20. The van der Waals surface area contributed by atoms with Crippen LogP contribution in [0.1, 0.15) is 16.2 Å². The molecule has 9 heteroatoms. The third kappa shape index (κ3) is 4.67. The van der Waals surface area contributed by atoms with Gasteiger partial charge in [0.2, 0.25) is 0 Å². The molecule has 8 nitrogen and oxygen atoms in total. The fourth-order valence-corrected chi connectivity index (χ4v) is 3.25. The molecule has 1 aliphatic heterocycles. The van der Waals surface area contributed by atoms with E-state index in [4.69, 9.17) is 20.8 Å². The number of aromatic nitrogens is 2. The first-order chi connectivity index (χ1) is 14.1. The molecular weight excluding hydrogens is 394 g/mol. The Morgan fingerprint density at radius 2 is 1.86 bits per heavy atom. The molecule has 2 aromatic carbocycles. The van der Waals surface area contributed by atoms with Gasteiger partial charge < -0.3 is 24.7 Å². The van der Waals surface area contributed by atoms with Crippen molar-refractivity contribution in [3.63, 3.8) is 0 Å². The normalized spacial score (nSPS) is 13.9. The van der Waals surface area contributed by atoms with Gasteiger partial charge in [-0.1, -0.05) is 22.8 Å². The summed E-state index contributed by atoms with van der Waals surface area (Å²) in [6, 6.07) is 13.2. The number of hydrogen-bond acceptors (Lipinski definition) is 7. The molecule has 1 saturated heterocycles. The summed E-state index contributed by atoms with van der Waals surface area (Å²) in [5.41, 5.74) is 3.38. The minimum absolute atomic E-state index is 0.0866. The zero-order chi connectivity index (χ0) is 20.2. The number of carbonyl (C=O) groups excluding carboxylic acids is 1. The number of benzene rings is 2. The topological polar surface area (TPSA) is 92.5 Å². The van der Waals surface area contributed by atoms with Crippen molar-refractivity contribution in [3.05, 3.63) is 58.9 Å². The number of nitrogens with one attached hydrogen (secondary N) is 2. The molecule has 0 saturated carbocycles. The minimum atomic E-state index is -0.486. The third-order valence-electron chi connectivity index (χ3n) is 4.49. The van der Waals surface area contributed by atoms with E-state index >= 15 is 0 Å². The Morgan fingerprint density at radius 3 is 2.59 bits per heavy atom. The van der Waals surface area contributed by atoms with Crippen LogP contribution >= 0.6 is 11.6 Å². The highest BCUT2D eigenvalue weighted by Crippen LogP contribution is 2.26. The zero-order valence-corrected chi connectivity index (χ0v) is 16.6. The van der Waals surface area contributed by atoms with Crippen molar-refractivity contribution in [1.82, 2.24) is 10.2 Å². The van der Waals surface area contributed by atoms with Gasteiger partial charge in [0.05, 0.1) is 23.9 Å². The van der Waals surface area contributed by atoms with Gasteiger partial charge in [0.25, 0.3) is 0 Å². The summed E-state index contributed by atoms with van der Waals surface area (Å²) in [7, 11) is 0. The summed E-state index contributed by atoms with van der Waals surface area (Å²) in [4.78, 5) is 14.6. The molecule has 0 radical (unpaired) electrons. The second kappa shape index (κ2) is 8.50. The van der Waals surface area contributed by atoms with Crippen LogP contribution in [0.2, 0.25) is 5.02 Å². The van der Waals surface area contributed by atoms with Crippen LogP contribution in [-0.4, -0.2) is 42.4 Å². The smallest absolute Gasteiger partial charge is 0.320 e.